The van der Waals surface area contributed by atoms with Crippen LogP contribution in [-0.4, -0.2) is 71.8 Å². The molecular formula is C24H33ClN6O4. The molecule has 10 nitrogen and oxygen atoms in total. The molecule has 1 fully saturated rings. The number of carbonyl (C=O) groups is 1. The fourth-order valence-corrected chi connectivity index (χ4v) is 4.90. The second kappa shape index (κ2) is 10.4. The molecule has 0 radical (unpaired) electrons. The first-order valence-electron chi connectivity index (χ1n) is 11.8. The van der Waals surface area contributed by atoms with E-state index in [0.717, 1.165) is 25.9 Å². The van der Waals surface area contributed by atoms with Gasteiger partial charge < -0.3 is 30.7 Å². The van der Waals surface area contributed by atoms with Crippen LogP contribution in [0.25, 0.3) is 0 Å². The number of nitrogens with two attached hydrogens (primary N) is 1. The van der Waals surface area contributed by atoms with Crippen molar-refractivity contribution in [2.24, 2.45) is 0 Å². The number of halogens is 1. The van der Waals surface area contributed by atoms with Gasteiger partial charge in [-0.25, -0.2) is 4.98 Å². The molecule has 190 valence electrons. The number of rotatable bonds is 8. The van der Waals surface area contributed by atoms with Gasteiger partial charge in [0.25, 0.3) is 11.5 Å². The molecule has 2 aliphatic heterocycles. The monoisotopic (exact) mass is 504 g/mol. The van der Waals surface area contributed by atoms with E-state index >= 15 is 0 Å². The quantitative estimate of drug-likeness (QED) is 0.244. The second-order valence-electron chi connectivity index (χ2n) is 9.52. The van der Waals surface area contributed by atoms with E-state index in [4.69, 9.17) is 26.8 Å². The predicted molar refractivity (Wildman–Crippen MR) is 135 cm³/mol. The zero-order valence-corrected chi connectivity index (χ0v) is 21.0. The molecule has 1 saturated heterocycles. The summed E-state index contributed by atoms with van der Waals surface area (Å²) in [6.45, 7) is 6.84. The van der Waals surface area contributed by atoms with Gasteiger partial charge in [0, 0.05) is 50.3 Å². The number of piperidine rings is 1. The molecule has 0 saturated carbocycles. The number of benzene rings is 1. The first-order valence-corrected chi connectivity index (χ1v) is 12.2. The molecule has 1 aromatic heterocycles. The third-order valence-corrected chi connectivity index (χ3v) is 7.32. The van der Waals surface area contributed by atoms with Crippen LogP contribution in [0.4, 0.5) is 11.6 Å². The van der Waals surface area contributed by atoms with E-state index in [0.29, 0.717) is 41.6 Å². The second-order valence-corrected chi connectivity index (χ2v) is 9.96. The van der Waals surface area contributed by atoms with Gasteiger partial charge in [0.05, 0.1) is 17.7 Å². The average Bonchev–Trinajstić information content (AvgIpc) is 3.07. The summed E-state index contributed by atoms with van der Waals surface area (Å²) in [5, 5.41) is 5.82. The molecule has 5 N–H and O–H groups in total. The normalized spacial score (nSPS) is 23.4. The van der Waals surface area contributed by atoms with Crippen molar-refractivity contribution in [2.75, 3.05) is 44.3 Å². The maximum Gasteiger partial charge on any atom is 0.255 e. The van der Waals surface area contributed by atoms with Crippen LogP contribution in [0.2, 0.25) is 0 Å². The molecule has 0 aliphatic carbocycles. The first-order chi connectivity index (χ1) is 16.7. The van der Waals surface area contributed by atoms with E-state index < -0.39 is 11.0 Å². The Morgan fingerprint density at radius 1 is 1.40 bits per heavy atom. The lowest BCUT2D eigenvalue weighted by Crippen LogP contribution is -2.55. The minimum Gasteiger partial charge on any atom is -0.485 e. The maximum atomic E-state index is 13.2. The van der Waals surface area contributed by atoms with Crippen LogP contribution in [0.5, 0.6) is 5.75 Å². The highest BCUT2D eigenvalue weighted by atomic mass is 35.5. The Labute approximate surface area is 209 Å². The number of fused-ring (bicyclic) bond motifs is 1. The summed E-state index contributed by atoms with van der Waals surface area (Å²) in [5.41, 5.74) is 6.92. The number of carbonyl (C=O) groups excluding carboxylic acids is 1. The fraction of sp³-hybridized carbons (Fsp3) is 0.542. The lowest BCUT2D eigenvalue weighted by molar-refractivity contribution is 0.00633. The van der Waals surface area contributed by atoms with E-state index in [2.05, 4.69) is 25.5 Å². The number of hydrogen-bond donors (Lipinski definition) is 4. The summed E-state index contributed by atoms with van der Waals surface area (Å²) in [7, 11) is 1.66. The lowest BCUT2D eigenvalue weighted by atomic mass is 9.97. The SMILES string of the molecule is CO[C@H]1CN(CCCNc2nccc(=O)[nH]2)CC[C@H]1NC(=O)c1ccc(N)c2c1OC(C)(C)C2Cl. The number of methoxy groups -OCH3 is 1. The molecule has 2 aromatic rings. The van der Waals surface area contributed by atoms with Crippen LogP contribution in [0.15, 0.2) is 29.2 Å². The van der Waals surface area contributed by atoms with Crippen LogP contribution in [0, 0.1) is 0 Å². The van der Waals surface area contributed by atoms with Crippen LogP contribution in [0.3, 0.4) is 0 Å². The van der Waals surface area contributed by atoms with Gasteiger partial charge in [0.2, 0.25) is 5.95 Å². The van der Waals surface area contributed by atoms with Gasteiger partial charge in [-0.05, 0) is 45.4 Å². The van der Waals surface area contributed by atoms with Crippen LogP contribution in [0.1, 0.15) is 48.0 Å². The molecule has 1 amide bonds. The standard InChI is InChI=1S/C24H33ClN6O4/c1-24(2)21(25)19-15(26)6-5-14(20(19)35-24)22(33)29-16-8-12-31(13-17(16)34-3)11-4-9-27-23-28-10-7-18(32)30-23/h5-7,10,16-17,21H,4,8-9,11-13,26H2,1-3H3,(H,29,33)(H2,27,28,30,32)/t16-,17+,21?/m1/s1. The summed E-state index contributed by atoms with van der Waals surface area (Å²) in [6, 6.07) is 4.64. The Hall–Kier alpha value is -2.82. The number of nitrogen functional groups attached to an aromatic ring is 1. The van der Waals surface area contributed by atoms with E-state index in [-0.39, 0.29) is 23.6 Å². The Morgan fingerprint density at radius 2 is 2.20 bits per heavy atom. The van der Waals surface area contributed by atoms with E-state index in [1.54, 1.807) is 19.2 Å². The third kappa shape index (κ3) is 5.55. The van der Waals surface area contributed by atoms with Crippen LogP contribution in [-0.2, 0) is 4.74 Å². The molecule has 3 heterocycles. The molecule has 0 bridgehead atoms. The first kappa shape index (κ1) is 25.3. The number of aromatic amines is 1. The molecule has 2 aliphatic rings. The van der Waals surface area contributed by atoms with Gasteiger partial charge in [0.15, 0.2) is 0 Å². The van der Waals surface area contributed by atoms with Gasteiger partial charge in [0.1, 0.15) is 16.7 Å². The number of ether oxygens (including phenoxy) is 2. The van der Waals surface area contributed by atoms with Gasteiger partial charge >= 0.3 is 0 Å². The van der Waals surface area contributed by atoms with Crippen molar-refractivity contribution in [3.8, 4) is 5.75 Å². The van der Waals surface area contributed by atoms with E-state index in [9.17, 15) is 9.59 Å². The predicted octanol–water partition coefficient (Wildman–Crippen LogP) is 2.12. The van der Waals surface area contributed by atoms with Crippen molar-refractivity contribution in [2.45, 2.75) is 49.8 Å². The average molecular weight is 505 g/mol. The number of aromatic nitrogens is 2. The number of likely N-dealkylation sites (tertiary alicyclic amines) is 1. The fourth-order valence-electron chi connectivity index (χ4n) is 4.63. The molecule has 11 heteroatoms. The smallest absolute Gasteiger partial charge is 0.255 e. The van der Waals surface area contributed by atoms with Gasteiger partial charge in [-0.3, -0.25) is 14.6 Å². The van der Waals surface area contributed by atoms with Gasteiger partial charge in [-0.15, -0.1) is 11.6 Å². The third-order valence-electron chi connectivity index (χ3n) is 6.58. The largest absolute Gasteiger partial charge is 0.485 e. The number of nitrogens with zero attached hydrogens (tertiary/aromatic N) is 2. The minimum atomic E-state index is -0.657. The number of nitrogens with one attached hydrogen (secondary N) is 3. The van der Waals surface area contributed by atoms with Crippen LogP contribution >= 0.6 is 11.6 Å². The molecule has 4 rings (SSSR count). The van der Waals surface area contributed by atoms with Crippen LogP contribution < -0.4 is 26.7 Å². The highest BCUT2D eigenvalue weighted by Gasteiger charge is 2.43. The van der Waals surface area contributed by atoms with Gasteiger partial charge in [-0.1, -0.05) is 0 Å². The molecule has 3 atom stereocenters. The summed E-state index contributed by atoms with van der Waals surface area (Å²) < 4.78 is 11.8. The Bertz CT molecular complexity index is 1120. The maximum absolute atomic E-state index is 13.2. The van der Waals surface area contributed by atoms with Crippen molar-refractivity contribution < 1.29 is 14.3 Å². The molecule has 35 heavy (non-hydrogen) atoms. The number of amides is 1. The van der Waals surface area contributed by atoms with Crippen molar-refractivity contribution in [3.05, 3.63) is 45.9 Å². The minimum absolute atomic E-state index is 0.130. The molecular weight excluding hydrogens is 472 g/mol. The number of H-pyrrole nitrogens is 1. The Morgan fingerprint density at radius 3 is 2.94 bits per heavy atom. The zero-order chi connectivity index (χ0) is 25.2. The molecule has 1 aromatic carbocycles. The number of alkyl halides is 1. The summed E-state index contributed by atoms with van der Waals surface area (Å²) >= 11 is 6.58. The molecule has 1 unspecified atom stereocenters. The van der Waals surface area contributed by atoms with Crippen molar-refractivity contribution in [1.29, 1.82) is 0 Å². The zero-order valence-electron chi connectivity index (χ0n) is 20.3. The van der Waals surface area contributed by atoms with Crippen molar-refractivity contribution in [1.82, 2.24) is 20.2 Å². The molecule has 0 spiro atoms. The topological polar surface area (TPSA) is 135 Å². The van der Waals surface area contributed by atoms with E-state index in [1.165, 1.54) is 12.3 Å². The Balaban J connectivity index is 1.32. The highest BCUT2D eigenvalue weighted by molar-refractivity contribution is 6.23. The Kier molecular flexibility index (Phi) is 7.53. The van der Waals surface area contributed by atoms with Crippen molar-refractivity contribution >= 4 is 29.1 Å². The van der Waals surface area contributed by atoms with E-state index in [1.807, 2.05) is 13.8 Å². The van der Waals surface area contributed by atoms with Gasteiger partial charge in [-0.2, -0.15) is 0 Å². The summed E-state index contributed by atoms with van der Waals surface area (Å²) in [6.07, 6.45) is 2.96. The summed E-state index contributed by atoms with van der Waals surface area (Å²) in [4.78, 5) is 33.6. The number of anilines is 2. The number of hydrogen-bond acceptors (Lipinski definition) is 8. The summed E-state index contributed by atoms with van der Waals surface area (Å²) in [5.74, 6) is 0.702. The lowest BCUT2D eigenvalue weighted by Gasteiger charge is -2.38. The van der Waals surface area contributed by atoms with Crippen molar-refractivity contribution in [3.63, 3.8) is 0 Å². The highest BCUT2D eigenvalue weighted by Crippen LogP contribution is 2.51.